The highest BCUT2D eigenvalue weighted by Gasteiger charge is 2.23. The number of benzene rings is 1. The zero-order chi connectivity index (χ0) is 15.6. The summed E-state index contributed by atoms with van der Waals surface area (Å²) in [6.07, 6.45) is 3.91. The number of hydrogen-bond donors (Lipinski definition) is 1. The molecule has 3 aromatic rings. The molecule has 1 aliphatic rings. The smallest absolute Gasteiger partial charge is 0.252 e. The number of aryl methyl sites for hydroxylation is 1. The fourth-order valence-corrected chi connectivity index (χ4v) is 4.02. The Hall–Kier alpha value is -2.20. The van der Waals surface area contributed by atoms with Crippen LogP contribution >= 0.6 is 11.3 Å². The van der Waals surface area contributed by atoms with E-state index in [1.54, 1.807) is 11.3 Å². The van der Waals surface area contributed by atoms with Gasteiger partial charge in [0, 0.05) is 17.6 Å². The summed E-state index contributed by atoms with van der Waals surface area (Å²) in [5.74, 6) is 0.0389. The van der Waals surface area contributed by atoms with E-state index in [9.17, 15) is 4.79 Å². The molecule has 2 aromatic heterocycles. The number of rotatable bonds is 4. The van der Waals surface area contributed by atoms with Crippen molar-refractivity contribution in [2.75, 3.05) is 6.54 Å². The first-order valence-electron chi connectivity index (χ1n) is 8.02. The topological polar surface area (TPSA) is 42.0 Å². The van der Waals surface area contributed by atoms with E-state index >= 15 is 0 Å². The molecular formula is C19H18N2OS. The number of fused-ring (bicyclic) bond motifs is 2. The largest absolute Gasteiger partial charge is 0.352 e. The number of thiophene rings is 1. The molecule has 0 unspecified atom stereocenters. The van der Waals surface area contributed by atoms with Gasteiger partial charge in [-0.2, -0.15) is 11.3 Å². The third-order valence-corrected chi connectivity index (χ3v) is 5.16. The number of nitrogens with one attached hydrogen (secondary N) is 1. The number of para-hydroxylation sites is 1. The number of hydrogen-bond acceptors (Lipinski definition) is 3. The molecule has 116 valence electrons. The van der Waals surface area contributed by atoms with Gasteiger partial charge in [0.1, 0.15) is 0 Å². The van der Waals surface area contributed by atoms with E-state index in [2.05, 4.69) is 22.1 Å². The molecule has 0 fully saturated rings. The second-order valence-corrected chi connectivity index (χ2v) is 6.70. The lowest BCUT2D eigenvalue weighted by atomic mass is 10.0. The Morgan fingerprint density at radius 2 is 2.13 bits per heavy atom. The molecule has 0 spiro atoms. The zero-order valence-electron chi connectivity index (χ0n) is 12.8. The van der Waals surface area contributed by atoms with Gasteiger partial charge in [-0.25, -0.2) is 0 Å². The summed E-state index contributed by atoms with van der Waals surface area (Å²) in [7, 11) is 0. The van der Waals surface area contributed by atoms with Gasteiger partial charge in [0.15, 0.2) is 0 Å². The molecule has 2 heterocycles. The van der Waals surface area contributed by atoms with E-state index in [1.807, 2.05) is 24.3 Å². The first kappa shape index (κ1) is 14.4. The fourth-order valence-electron chi connectivity index (χ4n) is 3.31. The van der Waals surface area contributed by atoms with Gasteiger partial charge in [0.25, 0.3) is 5.91 Å². The third-order valence-electron chi connectivity index (χ3n) is 4.43. The minimum atomic E-state index is 0.0389. The Bertz CT molecular complexity index is 855. The lowest BCUT2D eigenvalue weighted by molar-refractivity contribution is 0.0955. The molecule has 1 aromatic carbocycles. The Morgan fingerprint density at radius 1 is 1.22 bits per heavy atom. The number of pyridine rings is 1. The monoisotopic (exact) mass is 322 g/mol. The molecule has 1 N–H and O–H groups in total. The van der Waals surface area contributed by atoms with Gasteiger partial charge in [-0.15, -0.1) is 0 Å². The molecule has 4 heteroatoms. The molecular weight excluding hydrogens is 304 g/mol. The highest BCUT2D eigenvalue weighted by Crippen LogP contribution is 2.29. The third kappa shape index (κ3) is 2.75. The molecule has 1 aliphatic carbocycles. The summed E-state index contributed by atoms with van der Waals surface area (Å²) in [6, 6.07) is 10.1. The minimum absolute atomic E-state index is 0.0389. The van der Waals surface area contributed by atoms with Gasteiger partial charge in [-0.05, 0) is 59.7 Å². The Labute approximate surface area is 139 Å². The molecule has 3 nitrogen and oxygen atoms in total. The van der Waals surface area contributed by atoms with Crippen LogP contribution in [0.15, 0.2) is 41.1 Å². The van der Waals surface area contributed by atoms with Crippen molar-refractivity contribution in [2.24, 2.45) is 0 Å². The standard InChI is InChI=1S/C19H18N2OS/c22-19(20-10-8-13-9-11-23-12-13)18-14-4-1-2-6-16(14)21-17-7-3-5-15(17)18/h1-2,4,6,9,11-12H,3,5,7-8,10H2,(H,20,22). The maximum atomic E-state index is 12.8. The van der Waals surface area contributed by atoms with Crippen LogP contribution in [0.3, 0.4) is 0 Å². The van der Waals surface area contributed by atoms with Gasteiger partial charge in [-0.3, -0.25) is 9.78 Å². The average molecular weight is 322 g/mol. The van der Waals surface area contributed by atoms with Crippen LogP contribution in [0.4, 0.5) is 0 Å². The molecule has 0 radical (unpaired) electrons. The Balaban J connectivity index is 1.63. The molecule has 0 atom stereocenters. The van der Waals surface area contributed by atoms with Gasteiger partial charge in [0.05, 0.1) is 11.1 Å². The van der Waals surface area contributed by atoms with E-state index in [0.29, 0.717) is 6.54 Å². The fraction of sp³-hybridized carbons (Fsp3) is 0.263. The molecule has 23 heavy (non-hydrogen) atoms. The molecule has 1 amide bonds. The molecule has 0 aliphatic heterocycles. The number of nitrogens with zero attached hydrogens (tertiary/aromatic N) is 1. The quantitative estimate of drug-likeness (QED) is 0.795. The van der Waals surface area contributed by atoms with E-state index in [4.69, 9.17) is 4.98 Å². The van der Waals surface area contributed by atoms with Crippen molar-refractivity contribution in [3.8, 4) is 0 Å². The Morgan fingerprint density at radius 3 is 3.00 bits per heavy atom. The average Bonchev–Trinajstić information content (AvgIpc) is 3.23. The van der Waals surface area contributed by atoms with Crippen molar-refractivity contribution in [1.29, 1.82) is 0 Å². The number of amides is 1. The summed E-state index contributed by atoms with van der Waals surface area (Å²) >= 11 is 1.69. The second kappa shape index (κ2) is 6.13. The van der Waals surface area contributed by atoms with Crippen molar-refractivity contribution in [1.82, 2.24) is 10.3 Å². The van der Waals surface area contributed by atoms with Crippen LogP contribution < -0.4 is 5.32 Å². The summed E-state index contributed by atoms with van der Waals surface area (Å²) in [5, 5.41) is 8.27. The lowest BCUT2D eigenvalue weighted by Gasteiger charge is -2.12. The highest BCUT2D eigenvalue weighted by molar-refractivity contribution is 7.07. The summed E-state index contributed by atoms with van der Waals surface area (Å²) in [5.41, 5.74) is 5.30. The zero-order valence-corrected chi connectivity index (χ0v) is 13.7. The van der Waals surface area contributed by atoms with Crippen LogP contribution in [-0.4, -0.2) is 17.4 Å². The summed E-state index contributed by atoms with van der Waals surface area (Å²) in [6.45, 7) is 0.668. The molecule has 0 saturated heterocycles. The maximum absolute atomic E-state index is 12.8. The molecule has 0 saturated carbocycles. The van der Waals surface area contributed by atoms with Gasteiger partial charge >= 0.3 is 0 Å². The SMILES string of the molecule is O=C(NCCc1ccsc1)c1c2c(nc3ccccc13)CCC2. The number of carbonyl (C=O) groups is 1. The molecule has 4 rings (SSSR count). The normalized spacial score (nSPS) is 13.2. The van der Waals surface area contributed by atoms with Crippen molar-refractivity contribution >= 4 is 28.1 Å². The first-order valence-corrected chi connectivity index (χ1v) is 8.97. The van der Waals surface area contributed by atoms with E-state index in [0.717, 1.165) is 53.4 Å². The van der Waals surface area contributed by atoms with Crippen LogP contribution in [0.5, 0.6) is 0 Å². The van der Waals surface area contributed by atoms with E-state index < -0.39 is 0 Å². The second-order valence-electron chi connectivity index (χ2n) is 5.92. The predicted octanol–water partition coefficient (Wildman–Crippen LogP) is 3.76. The van der Waals surface area contributed by atoms with Crippen molar-refractivity contribution < 1.29 is 4.79 Å². The van der Waals surface area contributed by atoms with Crippen LogP contribution in [-0.2, 0) is 19.3 Å². The van der Waals surface area contributed by atoms with Crippen molar-refractivity contribution in [2.45, 2.75) is 25.7 Å². The highest BCUT2D eigenvalue weighted by atomic mass is 32.1. The maximum Gasteiger partial charge on any atom is 0.252 e. The van der Waals surface area contributed by atoms with Gasteiger partial charge in [-0.1, -0.05) is 18.2 Å². The van der Waals surface area contributed by atoms with Crippen molar-refractivity contribution in [3.05, 3.63) is 63.5 Å². The lowest BCUT2D eigenvalue weighted by Crippen LogP contribution is -2.27. The Kier molecular flexibility index (Phi) is 3.83. The van der Waals surface area contributed by atoms with E-state index in [-0.39, 0.29) is 5.91 Å². The van der Waals surface area contributed by atoms with Gasteiger partial charge < -0.3 is 5.32 Å². The summed E-state index contributed by atoms with van der Waals surface area (Å²) in [4.78, 5) is 17.6. The van der Waals surface area contributed by atoms with Gasteiger partial charge in [0.2, 0.25) is 0 Å². The van der Waals surface area contributed by atoms with Crippen LogP contribution in [0.2, 0.25) is 0 Å². The van der Waals surface area contributed by atoms with Crippen molar-refractivity contribution in [3.63, 3.8) is 0 Å². The minimum Gasteiger partial charge on any atom is -0.352 e. The molecule has 0 bridgehead atoms. The number of aromatic nitrogens is 1. The number of carbonyl (C=O) groups excluding carboxylic acids is 1. The van der Waals surface area contributed by atoms with Crippen LogP contribution in [0.1, 0.15) is 33.6 Å². The summed E-state index contributed by atoms with van der Waals surface area (Å²) < 4.78 is 0. The van der Waals surface area contributed by atoms with Crippen LogP contribution in [0.25, 0.3) is 10.9 Å². The van der Waals surface area contributed by atoms with Crippen LogP contribution in [0, 0.1) is 0 Å². The first-order chi connectivity index (χ1) is 11.3. The predicted molar refractivity (Wildman–Crippen MR) is 94.1 cm³/mol. The van der Waals surface area contributed by atoms with E-state index in [1.165, 1.54) is 5.56 Å².